The monoisotopic (exact) mass is 389 g/mol. The van der Waals surface area contributed by atoms with Crippen molar-refractivity contribution in [3.05, 3.63) is 65.7 Å². The largest absolute Gasteiger partial charge is 0.379 e. The summed E-state index contributed by atoms with van der Waals surface area (Å²) in [6, 6.07) is 18.1. The number of benzene rings is 2. The molecule has 0 atom stereocenters. The van der Waals surface area contributed by atoms with Gasteiger partial charge in [-0.15, -0.1) is 0 Å². The molecule has 5 nitrogen and oxygen atoms in total. The molecule has 1 N–H and O–H groups in total. The van der Waals surface area contributed by atoms with E-state index in [0.717, 1.165) is 61.4 Å². The van der Waals surface area contributed by atoms with Crippen LogP contribution in [0.5, 0.6) is 0 Å². The molecule has 4 rings (SSSR count). The van der Waals surface area contributed by atoms with E-state index in [1.165, 1.54) is 5.56 Å². The van der Waals surface area contributed by atoms with Gasteiger partial charge in [-0.3, -0.25) is 9.69 Å². The van der Waals surface area contributed by atoms with Gasteiger partial charge in [0.05, 0.1) is 30.0 Å². The maximum atomic E-state index is 13.0. The molecule has 0 aliphatic carbocycles. The van der Waals surface area contributed by atoms with Crippen LogP contribution in [-0.4, -0.2) is 55.2 Å². The molecular weight excluding hydrogens is 362 g/mol. The molecular formula is C24H27N3O2. The van der Waals surface area contributed by atoms with Crippen molar-refractivity contribution in [1.29, 1.82) is 0 Å². The normalized spacial score (nSPS) is 14.8. The van der Waals surface area contributed by atoms with Crippen molar-refractivity contribution in [2.24, 2.45) is 0 Å². The van der Waals surface area contributed by atoms with Crippen LogP contribution in [0, 0.1) is 0 Å². The Labute approximate surface area is 171 Å². The average Bonchev–Trinajstić information content (AvgIpc) is 2.79. The van der Waals surface area contributed by atoms with Crippen LogP contribution in [-0.2, 0) is 11.2 Å². The van der Waals surface area contributed by atoms with Crippen LogP contribution in [0.4, 0.5) is 0 Å². The Morgan fingerprint density at radius 2 is 1.86 bits per heavy atom. The molecule has 0 spiro atoms. The predicted octanol–water partition coefficient (Wildman–Crippen LogP) is 3.53. The fourth-order valence-electron chi connectivity index (χ4n) is 3.67. The van der Waals surface area contributed by atoms with Crippen LogP contribution in [0.15, 0.2) is 54.6 Å². The van der Waals surface area contributed by atoms with E-state index < -0.39 is 0 Å². The Morgan fingerprint density at radius 3 is 2.62 bits per heavy atom. The van der Waals surface area contributed by atoms with Crippen molar-refractivity contribution in [3.63, 3.8) is 0 Å². The van der Waals surface area contributed by atoms with Gasteiger partial charge in [0, 0.05) is 37.1 Å². The number of rotatable bonds is 6. The van der Waals surface area contributed by atoms with E-state index in [0.29, 0.717) is 12.1 Å². The number of ether oxygens (including phenoxy) is 1. The predicted molar refractivity (Wildman–Crippen MR) is 116 cm³/mol. The van der Waals surface area contributed by atoms with E-state index in [4.69, 9.17) is 9.72 Å². The molecule has 5 heteroatoms. The quantitative estimate of drug-likeness (QED) is 0.701. The standard InChI is InChI=1S/C24H27N3O2/c1-2-18-7-9-19(10-8-18)23-17-21(20-5-3-4-6-22(20)26-23)24(28)25-11-12-27-13-15-29-16-14-27/h3-10,17H,2,11-16H2,1H3,(H,25,28). The molecule has 1 fully saturated rings. The van der Waals surface area contributed by atoms with E-state index in [9.17, 15) is 4.79 Å². The highest BCUT2D eigenvalue weighted by Crippen LogP contribution is 2.25. The summed E-state index contributed by atoms with van der Waals surface area (Å²) in [5, 5.41) is 3.97. The number of fused-ring (bicyclic) bond motifs is 1. The number of aryl methyl sites for hydroxylation is 1. The minimum absolute atomic E-state index is 0.0525. The Morgan fingerprint density at radius 1 is 1.10 bits per heavy atom. The summed E-state index contributed by atoms with van der Waals surface area (Å²) < 4.78 is 5.38. The topological polar surface area (TPSA) is 54.5 Å². The summed E-state index contributed by atoms with van der Waals surface area (Å²) in [5.74, 6) is -0.0525. The van der Waals surface area contributed by atoms with E-state index in [-0.39, 0.29) is 5.91 Å². The van der Waals surface area contributed by atoms with Gasteiger partial charge < -0.3 is 10.1 Å². The second-order valence-electron chi connectivity index (χ2n) is 7.33. The summed E-state index contributed by atoms with van der Waals surface area (Å²) in [6.07, 6.45) is 1.00. The van der Waals surface area contributed by atoms with Crippen LogP contribution in [0.2, 0.25) is 0 Å². The second-order valence-corrected chi connectivity index (χ2v) is 7.33. The minimum Gasteiger partial charge on any atom is -0.379 e. The third-order valence-corrected chi connectivity index (χ3v) is 5.44. The number of morpholine rings is 1. The van der Waals surface area contributed by atoms with E-state index in [1.807, 2.05) is 30.3 Å². The minimum atomic E-state index is -0.0525. The first-order valence-corrected chi connectivity index (χ1v) is 10.3. The summed E-state index contributed by atoms with van der Waals surface area (Å²) in [6.45, 7) is 6.98. The molecule has 29 heavy (non-hydrogen) atoms. The zero-order valence-corrected chi connectivity index (χ0v) is 16.9. The van der Waals surface area contributed by atoms with Crippen LogP contribution in [0.25, 0.3) is 22.2 Å². The summed E-state index contributed by atoms with van der Waals surface area (Å²) >= 11 is 0. The fourth-order valence-corrected chi connectivity index (χ4v) is 3.67. The molecule has 1 saturated heterocycles. The van der Waals surface area contributed by atoms with Gasteiger partial charge >= 0.3 is 0 Å². The highest BCUT2D eigenvalue weighted by Gasteiger charge is 2.15. The zero-order valence-electron chi connectivity index (χ0n) is 16.9. The van der Waals surface area contributed by atoms with Crippen molar-refractivity contribution in [1.82, 2.24) is 15.2 Å². The Balaban J connectivity index is 1.57. The molecule has 0 bridgehead atoms. The molecule has 0 saturated carbocycles. The van der Waals surface area contributed by atoms with Crippen LogP contribution >= 0.6 is 0 Å². The first-order chi connectivity index (χ1) is 14.2. The lowest BCUT2D eigenvalue weighted by Crippen LogP contribution is -2.41. The van der Waals surface area contributed by atoms with Crippen LogP contribution < -0.4 is 5.32 Å². The van der Waals surface area contributed by atoms with Gasteiger partial charge in [0.25, 0.3) is 5.91 Å². The molecule has 1 amide bonds. The second kappa shape index (κ2) is 9.16. The average molecular weight is 389 g/mol. The highest BCUT2D eigenvalue weighted by atomic mass is 16.5. The Hall–Kier alpha value is -2.76. The van der Waals surface area contributed by atoms with Crippen molar-refractivity contribution in [3.8, 4) is 11.3 Å². The molecule has 3 aromatic rings. The molecule has 150 valence electrons. The molecule has 2 heterocycles. The van der Waals surface area contributed by atoms with Crippen LogP contribution in [0.1, 0.15) is 22.8 Å². The van der Waals surface area contributed by atoms with Gasteiger partial charge in [-0.25, -0.2) is 4.98 Å². The smallest absolute Gasteiger partial charge is 0.252 e. The third-order valence-electron chi connectivity index (χ3n) is 5.44. The van der Waals surface area contributed by atoms with Gasteiger partial charge in [0.15, 0.2) is 0 Å². The third kappa shape index (κ3) is 4.63. The number of carbonyl (C=O) groups is 1. The highest BCUT2D eigenvalue weighted by molar-refractivity contribution is 6.07. The van der Waals surface area contributed by atoms with Gasteiger partial charge in [-0.05, 0) is 24.1 Å². The molecule has 0 radical (unpaired) electrons. The number of hydrogen-bond donors (Lipinski definition) is 1. The number of nitrogens with zero attached hydrogens (tertiary/aromatic N) is 2. The maximum Gasteiger partial charge on any atom is 0.252 e. The van der Waals surface area contributed by atoms with Crippen molar-refractivity contribution in [2.75, 3.05) is 39.4 Å². The molecule has 0 unspecified atom stereocenters. The number of carbonyl (C=O) groups excluding carboxylic acids is 1. The Kier molecular flexibility index (Phi) is 6.17. The first kappa shape index (κ1) is 19.6. The summed E-state index contributed by atoms with van der Waals surface area (Å²) in [5.41, 5.74) is 4.64. The van der Waals surface area contributed by atoms with Gasteiger partial charge in [0.2, 0.25) is 0 Å². The number of para-hydroxylation sites is 1. The summed E-state index contributed by atoms with van der Waals surface area (Å²) in [4.78, 5) is 20.1. The van der Waals surface area contributed by atoms with E-state index in [1.54, 1.807) is 0 Å². The van der Waals surface area contributed by atoms with Crippen molar-refractivity contribution in [2.45, 2.75) is 13.3 Å². The van der Waals surface area contributed by atoms with Gasteiger partial charge in [0.1, 0.15) is 0 Å². The lowest BCUT2D eigenvalue weighted by molar-refractivity contribution is 0.0383. The number of aromatic nitrogens is 1. The fraction of sp³-hybridized carbons (Fsp3) is 0.333. The SMILES string of the molecule is CCc1ccc(-c2cc(C(=O)NCCN3CCOCC3)c3ccccc3n2)cc1. The number of hydrogen-bond acceptors (Lipinski definition) is 4. The Bertz CT molecular complexity index is 979. The van der Waals surface area contributed by atoms with E-state index >= 15 is 0 Å². The summed E-state index contributed by atoms with van der Waals surface area (Å²) in [7, 11) is 0. The first-order valence-electron chi connectivity index (χ1n) is 10.3. The number of amides is 1. The molecule has 1 aliphatic rings. The van der Waals surface area contributed by atoms with Crippen molar-refractivity contribution < 1.29 is 9.53 Å². The zero-order chi connectivity index (χ0) is 20.1. The molecule has 1 aliphatic heterocycles. The van der Waals surface area contributed by atoms with Gasteiger partial charge in [-0.1, -0.05) is 49.4 Å². The lowest BCUT2D eigenvalue weighted by Gasteiger charge is -2.26. The molecule has 1 aromatic heterocycles. The number of pyridine rings is 1. The number of nitrogens with one attached hydrogen (secondary N) is 1. The maximum absolute atomic E-state index is 13.0. The van der Waals surface area contributed by atoms with Gasteiger partial charge in [-0.2, -0.15) is 0 Å². The van der Waals surface area contributed by atoms with Crippen molar-refractivity contribution >= 4 is 16.8 Å². The molecule has 2 aromatic carbocycles. The van der Waals surface area contributed by atoms with E-state index in [2.05, 4.69) is 41.4 Å². The van der Waals surface area contributed by atoms with Crippen LogP contribution in [0.3, 0.4) is 0 Å². The lowest BCUT2D eigenvalue weighted by atomic mass is 10.0.